The van der Waals surface area contributed by atoms with E-state index in [4.69, 9.17) is 0 Å². The molecule has 0 saturated heterocycles. The van der Waals surface area contributed by atoms with Crippen molar-refractivity contribution in [3.8, 4) is 22.3 Å². The van der Waals surface area contributed by atoms with E-state index in [1.54, 1.807) is 0 Å². The molecule has 3 aliphatic rings. The van der Waals surface area contributed by atoms with Crippen LogP contribution in [0.25, 0.3) is 33.0 Å². The van der Waals surface area contributed by atoms with Crippen molar-refractivity contribution in [3.63, 3.8) is 0 Å². The molecule has 8 aromatic rings. The summed E-state index contributed by atoms with van der Waals surface area (Å²) in [5.74, 6) is 0. The van der Waals surface area contributed by atoms with Crippen LogP contribution >= 0.6 is 0 Å². The van der Waals surface area contributed by atoms with Crippen LogP contribution in [0.15, 0.2) is 170 Å². The van der Waals surface area contributed by atoms with Gasteiger partial charge in [0.1, 0.15) is 0 Å². The van der Waals surface area contributed by atoms with Crippen molar-refractivity contribution in [2.75, 3.05) is 9.80 Å². The molecular formula is C55H46N2. The van der Waals surface area contributed by atoms with Gasteiger partial charge in [-0.2, -0.15) is 0 Å². The number of rotatable bonds is 5. The molecule has 2 nitrogen and oxygen atoms in total. The molecule has 11 rings (SSSR count). The highest BCUT2D eigenvalue weighted by Gasteiger charge is 2.52. The van der Waals surface area contributed by atoms with Gasteiger partial charge >= 0.3 is 0 Å². The molecule has 0 atom stereocenters. The summed E-state index contributed by atoms with van der Waals surface area (Å²) in [4.78, 5) is 5.01. The third-order valence-electron chi connectivity index (χ3n) is 13.6. The molecule has 8 aromatic carbocycles. The summed E-state index contributed by atoms with van der Waals surface area (Å²) in [5, 5.41) is 2.57. The molecule has 0 unspecified atom stereocenters. The van der Waals surface area contributed by atoms with Crippen LogP contribution in [-0.2, 0) is 16.2 Å². The number of anilines is 6. The minimum atomic E-state index is -0.269. The quantitative estimate of drug-likeness (QED) is 0.174. The van der Waals surface area contributed by atoms with Crippen molar-refractivity contribution in [3.05, 3.63) is 203 Å². The van der Waals surface area contributed by atoms with E-state index in [1.807, 2.05) is 0 Å². The average molecular weight is 735 g/mol. The summed E-state index contributed by atoms with van der Waals surface area (Å²) in [6, 6.07) is 63.2. The summed E-state index contributed by atoms with van der Waals surface area (Å²) in [5.41, 5.74) is 20.3. The van der Waals surface area contributed by atoms with E-state index in [9.17, 15) is 0 Å². The first-order valence-corrected chi connectivity index (χ1v) is 20.4. The fourth-order valence-corrected chi connectivity index (χ4v) is 10.4. The lowest BCUT2D eigenvalue weighted by atomic mass is 9.60. The van der Waals surface area contributed by atoms with Crippen LogP contribution in [0.5, 0.6) is 0 Å². The molecule has 0 amide bonds. The van der Waals surface area contributed by atoms with E-state index in [0.717, 1.165) is 17.1 Å². The number of nitrogens with zero attached hydrogens (tertiary/aromatic N) is 2. The number of para-hydroxylation sites is 3. The molecule has 0 aliphatic carbocycles. The first-order valence-electron chi connectivity index (χ1n) is 20.4. The van der Waals surface area contributed by atoms with E-state index in [0.29, 0.717) is 0 Å². The topological polar surface area (TPSA) is 6.48 Å². The molecule has 0 bridgehead atoms. The highest BCUT2D eigenvalue weighted by molar-refractivity contribution is 6.02. The Hall–Kier alpha value is -6.38. The fourth-order valence-electron chi connectivity index (χ4n) is 10.4. The Kier molecular flexibility index (Phi) is 7.03. The molecule has 276 valence electrons. The molecule has 3 aliphatic heterocycles. The molecule has 57 heavy (non-hydrogen) atoms. The Morgan fingerprint density at radius 1 is 0.351 bits per heavy atom. The monoisotopic (exact) mass is 734 g/mol. The third kappa shape index (κ3) is 4.71. The van der Waals surface area contributed by atoms with Gasteiger partial charge in [-0.25, -0.2) is 0 Å². The Balaban J connectivity index is 1.14. The largest absolute Gasteiger partial charge is 0.311 e. The zero-order valence-electron chi connectivity index (χ0n) is 33.6. The van der Waals surface area contributed by atoms with Gasteiger partial charge in [0.2, 0.25) is 0 Å². The molecule has 0 fully saturated rings. The van der Waals surface area contributed by atoms with Gasteiger partial charge in [-0.1, -0.05) is 151 Å². The lowest BCUT2D eigenvalue weighted by Gasteiger charge is -2.55. The van der Waals surface area contributed by atoms with Gasteiger partial charge in [-0.3, -0.25) is 0 Å². The van der Waals surface area contributed by atoms with Crippen molar-refractivity contribution in [2.45, 2.75) is 57.8 Å². The lowest BCUT2D eigenvalue weighted by Crippen LogP contribution is -2.43. The zero-order valence-corrected chi connectivity index (χ0v) is 33.6. The molecule has 3 heterocycles. The second-order valence-corrected chi connectivity index (χ2v) is 17.8. The van der Waals surface area contributed by atoms with Crippen molar-refractivity contribution in [1.82, 2.24) is 0 Å². The minimum Gasteiger partial charge on any atom is -0.311 e. The van der Waals surface area contributed by atoms with Gasteiger partial charge < -0.3 is 9.80 Å². The SMILES string of the molecule is CC1(C)c2cccc3c2N2c4c1cc(-c1ccc(N(c5ccccc5)c5ccccc5)cc1)cc4C(C)(C)c1cc(-c4cccc5ccccc45)cc(c12)C3(C)C. The zero-order chi connectivity index (χ0) is 38.8. The van der Waals surface area contributed by atoms with Gasteiger partial charge in [0.15, 0.2) is 0 Å². The second kappa shape index (κ2) is 11.8. The standard InChI is InChI=1S/C55H46N2/c1-53(2)44-25-16-26-45-50(44)57-51-46(53)31-37(35-27-29-41(30-28-35)56(39-19-9-7-10-20-39)40-21-11-8-12-22-40)32-47(51)55(5,6)49-34-38(33-48(52(49)57)54(45,3)4)43-24-15-18-36-17-13-14-23-42(36)43/h7-34H,1-6H3. The summed E-state index contributed by atoms with van der Waals surface area (Å²) < 4.78 is 0. The van der Waals surface area contributed by atoms with Crippen LogP contribution in [0.3, 0.4) is 0 Å². The van der Waals surface area contributed by atoms with Crippen LogP contribution in [0.4, 0.5) is 34.1 Å². The predicted octanol–water partition coefficient (Wildman–Crippen LogP) is 15.0. The van der Waals surface area contributed by atoms with Crippen LogP contribution in [0.2, 0.25) is 0 Å². The molecule has 0 radical (unpaired) electrons. The van der Waals surface area contributed by atoms with Gasteiger partial charge in [-0.05, 0) is 127 Å². The minimum absolute atomic E-state index is 0.192. The Labute approximate surface area is 336 Å². The summed E-state index contributed by atoms with van der Waals surface area (Å²) in [7, 11) is 0. The number of hydrogen-bond acceptors (Lipinski definition) is 2. The third-order valence-corrected chi connectivity index (χ3v) is 13.6. The van der Waals surface area contributed by atoms with Crippen LogP contribution < -0.4 is 9.80 Å². The molecule has 0 spiro atoms. The normalized spacial score (nSPS) is 15.9. The Morgan fingerprint density at radius 2 is 0.772 bits per heavy atom. The van der Waals surface area contributed by atoms with E-state index < -0.39 is 0 Å². The number of fused-ring (bicyclic) bond motifs is 1. The van der Waals surface area contributed by atoms with Crippen molar-refractivity contribution >= 4 is 44.9 Å². The van der Waals surface area contributed by atoms with Crippen molar-refractivity contribution in [1.29, 1.82) is 0 Å². The van der Waals surface area contributed by atoms with E-state index in [1.165, 1.54) is 83.5 Å². The van der Waals surface area contributed by atoms with E-state index in [-0.39, 0.29) is 16.2 Å². The summed E-state index contributed by atoms with van der Waals surface area (Å²) in [6.45, 7) is 14.7. The molecule has 0 N–H and O–H groups in total. The van der Waals surface area contributed by atoms with Gasteiger partial charge in [0.05, 0.1) is 17.1 Å². The van der Waals surface area contributed by atoms with E-state index >= 15 is 0 Å². The summed E-state index contributed by atoms with van der Waals surface area (Å²) in [6.07, 6.45) is 0. The van der Waals surface area contributed by atoms with Crippen molar-refractivity contribution in [2.24, 2.45) is 0 Å². The molecular weight excluding hydrogens is 689 g/mol. The second-order valence-electron chi connectivity index (χ2n) is 17.8. The van der Waals surface area contributed by atoms with Gasteiger partial charge in [-0.15, -0.1) is 0 Å². The van der Waals surface area contributed by atoms with Gasteiger partial charge in [0.25, 0.3) is 0 Å². The Bertz CT molecular complexity index is 2870. The average Bonchev–Trinajstić information content (AvgIpc) is 3.23. The summed E-state index contributed by atoms with van der Waals surface area (Å²) >= 11 is 0. The highest BCUT2D eigenvalue weighted by Crippen LogP contribution is 2.67. The maximum atomic E-state index is 2.68. The fraction of sp³-hybridized carbons (Fsp3) is 0.164. The van der Waals surface area contributed by atoms with Gasteiger partial charge in [0, 0.05) is 33.3 Å². The molecule has 0 saturated carbocycles. The lowest BCUT2D eigenvalue weighted by molar-refractivity contribution is 0.567. The van der Waals surface area contributed by atoms with Crippen LogP contribution in [0.1, 0.15) is 74.9 Å². The molecule has 2 heteroatoms. The maximum Gasteiger partial charge on any atom is 0.0544 e. The Morgan fingerprint density at radius 3 is 1.33 bits per heavy atom. The first-order chi connectivity index (χ1) is 27.5. The first kappa shape index (κ1) is 33.9. The predicted molar refractivity (Wildman–Crippen MR) is 241 cm³/mol. The highest BCUT2D eigenvalue weighted by atomic mass is 15.2. The number of hydrogen-bond donors (Lipinski definition) is 0. The molecule has 0 aromatic heterocycles. The van der Waals surface area contributed by atoms with Crippen LogP contribution in [0, 0.1) is 0 Å². The number of benzene rings is 8. The van der Waals surface area contributed by atoms with E-state index in [2.05, 4.69) is 221 Å². The van der Waals surface area contributed by atoms with Crippen LogP contribution in [-0.4, -0.2) is 0 Å². The maximum absolute atomic E-state index is 2.68. The van der Waals surface area contributed by atoms with Crippen molar-refractivity contribution < 1.29 is 0 Å². The smallest absolute Gasteiger partial charge is 0.0544 e.